The maximum atomic E-state index is 13.6. The molecule has 0 radical (unpaired) electrons. The molecule has 198 valence electrons. The second-order valence-electron chi connectivity index (χ2n) is 11.8. The van der Waals surface area contributed by atoms with Gasteiger partial charge in [0.2, 0.25) is 21.8 Å². The molecule has 1 unspecified atom stereocenters. The van der Waals surface area contributed by atoms with Crippen LogP contribution >= 0.6 is 0 Å². The first-order valence-corrected chi connectivity index (χ1v) is 15.1. The van der Waals surface area contributed by atoms with E-state index in [1.54, 1.807) is 13.0 Å². The van der Waals surface area contributed by atoms with E-state index in [0.717, 1.165) is 24.8 Å². The van der Waals surface area contributed by atoms with E-state index in [2.05, 4.69) is 15.0 Å². The molecule has 1 aromatic heterocycles. The van der Waals surface area contributed by atoms with Gasteiger partial charge in [-0.25, -0.2) is 18.1 Å². The van der Waals surface area contributed by atoms with Crippen LogP contribution in [0.1, 0.15) is 75.2 Å². The van der Waals surface area contributed by atoms with E-state index >= 15 is 0 Å². The summed E-state index contributed by atoms with van der Waals surface area (Å²) in [5.74, 6) is 1.55. The SMILES string of the molecule is Cc1nc2cccc(CCCS(=O)(=O)NC34CC5CC(CC(C5)C3)C4)c2c(=O)n1C1CCC(=O)NC1=O. The molecule has 2 N–H and O–H groups in total. The van der Waals surface area contributed by atoms with E-state index in [0.29, 0.717) is 47.3 Å². The highest BCUT2D eigenvalue weighted by Crippen LogP contribution is 2.55. The van der Waals surface area contributed by atoms with Crippen molar-refractivity contribution in [3.05, 3.63) is 39.9 Å². The Morgan fingerprint density at radius 2 is 1.76 bits per heavy atom. The predicted octanol–water partition coefficient (Wildman–Crippen LogP) is 2.50. The molecule has 1 aromatic carbocycles. The van der Waals surface area contributed by atoms with Crippen molar-refractivity contribution >= 4 is 32.7 Å². The Morgan fingerprint density at radius 1 is 1.08 bits per heavy atom. The molecule has 1 saturated heterocycles. The summed E-state index contributed by atoms with van der Waals surface area (Å²) < 4.78 is 30.8. The highest BCUT2D eigenvalue weighted by atomic mass is 32.2. The van der Waals surface area contributed by atoms with Crippen molar-refractivity contribution in [2.75, 3.05) is 5.75 Å². The van der Waals surface area contributed by atoms with Gasteiger partial charge < -0.3 is 0 Å². The third kappa shape index (κ3) is 4.63. The molecule has 0 spiro atoms. The van der Waals surface area contributed by atoms with Crippen LogP contribution in [0.2, 0.25) is 0 Å². The molecule has 2 amide bonds. The average molecular weight is 527 g/mol. The number of amides is 2. The molecule has 2 heterocycles. The van der Waals surface area contributed by atoms with E-state index in [1.807, 2.05) is 12.1 Å². The molecular weight excluding hydrogens is 492 g/mol. The number of hydrogen-bond acceptors (Lipinski definition) is 6. The molecule has 5 fully saturated rings. The summed E-state index contributed by atoms with van der Waals surface area (Å²) in [7, 11) is -3.46. The number of fused-ring (bicyclic) bond motifs is 1. The van der Waals surface area contributed by atoms with Crippen LogP contribution in [0.3, 0.4) is 0 Å². The highest BCUT2D eigenvalue weighted by molar-refractivity contribution is 7.89. The van der Waals surface area contributed by atoms with E-state index in [1.165, 1.54) is 23.8 Å². The summed E-state index contributed by atoms with van der Waals surface area (Å²) in [5.41, 5.74) is 0.658. The van der Waals surface area contributed by atoms with Crippen LogP contribution in [0, 0.1) is 24.7 Å². The van der Waals surface area contributed by atoms with E-state index in [4.69, 9.17) is 0 Å². The second kappa shape index (κ2) is 9.01. The fourth-order valence-corrected chi connectivity index (χ4v) is 9.53. The van der Waals surface area contributed by atoms with Gasteiger partial charge in [0.05, 0.1) is 16.7 Å². The van der Waals surface area contributed by atoms with Gasteiger partial charge in [0.15, 0.2) is 0 Å². The van der Waals surface area contributed by atoms with Crippen LogP contribution in [0.25, 0.3) is 10.9 Å². The maximum absolute atomic E-state index is 13.6. The van der Waals surface area contributed by atoms with Crippen molar-refractivity contribution in [1.29, 1.82) is 0 Å². The van der Waals surface area contributed by atoms with Crippen LogP contribution in [0.4, 0.5) is 0 Å². The van der Waals surface area contributed by atoms with Gasteiger partial charge in [-0.15, -0.1) is 0 Å². The topological polar surface area (TPSA) is 127 Å². The number of imide groups is 1. The zero-order valence-corrected chi connectivity index (χ0v) is 22.0. The van der Waals surface area contributed by atoms with E-state index in [-0.39, 0.29) is 35.6 Å². The van der Waals surface area contributed by atoms with Crippen molar-refractivity contribution in [2.45, 2.75) is 82.7 Å². The third-order valence-electron chi connectivity index (χ3n) is 8.98. The number of aromatic nitrogens is 2. The van der Waals surface area contributed by atoms with Gasteiger partial charge in [-0.3, -0.25) is 24.3 Å². The largest absolute Gasteiger partial charge is 0.295 e. The Balaban J connectivity index is 1.20. The van der Waals surface area contributed by atoms with Gasteiger partial charge >= 0.3 is 0 Å². The quantitative estimate of drug-likeness (QED) is 0.534. The minimum atomic E-state index is -3.46. The minimum Gasteiger partial charge on any atom is -0.295 e. The normalized spacial score (nSPS) is 31.2. The maximum Gasteiger partial charge on any atom is 0.262 e. The fraction of sp³-hybridized carbons (Fsp3) is 0.630. The van der Waals surface area contributed by atoms with E-state index in [9.17, 15) is 22.8 Å². The van der Waals surface area contributed by atoms with Gasteiger partial charge in [-0.1, -0.05) is 12.1 Å². The standard InChI is InChI=1S/C27H34N4O5S/c1-16-28-21-6-2-4-20(24(21)26(34)31(16)22-7-8-23(32)29-25(22)33)5-3-9-37(35,36)30-27-13-17-10-18(14-27)12-19(11-17)15-27/h2,4,6,17-19,22,30H,3,5,7-15H2,1H3,(H,29,32,33). The van der Waals surface area contributed by atoms with Gasteiger partial charge in [-0.05, 0) is 94.1 Å². The van der Waals surface area contributed by atoms with E-state index < -0.39 is 22.0 Å². The molecule has 1 atom stereocenters. The number of carbonyl (C=O) groups is 2. The lowest BCUT2D eigenvalue weighted by atomic mass is 9.53. The molecule has 10 heteroatoms. The lowest BCUT2D eigenvalue weighted by molar-refractivity contribution is -0.135. The Hall–Kier alpha value is -2.59. The molecule has 7 rings (SSSR count). The smallest absolute Gasteiger partial charge is 0.262 e. The average Bonchev–Trinajstić information content (AvgIpc) is 2.78. The summed E-state index contributed by atoms with van der Waals surface area (Å²) in [6, 6.07) is 4.62. The number of nitrogens with zero attached hydrogens (tertiary/aromatic N) is 2. The van der Waals surface area contributed by atoms with Gasteiger partial charge in [-0.2, -0.15) is 0 Å². The first-order valence-electron chi connectivity index (χ1n) is 13.5. The number of carbonyl (C=O) groups excluding carboxylic acids is 2. The molecule has 37 heavy (non-hydrogen) atoms. The van der Waals surface area contributed by atoms with Crippen LogP contribution in [0.5, 0.6) is 0 Å². The van der Waals surface area contributed by atoms with Crippen molar-refractivity contribution in [1.82, 2.24) is 19.6 Å². The zero-order valence-electron chi connectivity index (χ0n) is 21.2. The highest BCUT2D eigenvalue weighted by Gasteiger charge is 2.52. The molecule has 4 aliphatic carbocycles. The molecule has 5 aliphatic rings. The Bertz CT molecular complexity index is 1410. The third-order valence-corrected chi connectivity index (χ3v) is 10.6. The lowest BCUT2D eigenvalue weighted by Crippen LogP contribution is -2.60. The summed E-state index contributed by atoms with van der Waals surface area (Å²) in [5, 5.41) is 2.72. The molecule has 9 nitrogen and oxygen atoms in total. The molecule has 4 bridgehead atoms. The minimum absolute atomic E-state index is 0.00571. The number of aryl methyl sites for hydroxylation is 2. The summed E-state index contributed by atoms with van der Waals surface area (Å²) in [6.45, 7) is 1.68. The monoisotopic (exact) mass is 526 g/mol. The Labute approximate surface area is 216 Å². The van der Waals surface area contributed by atoms with Crippen LogP contribution in [-0.4, -0.2) is 41.1 Å². The number of benzene rings is 1. The summed E-state index contributed by atoms with van der Waals surface area (Å²) in [6.07, 6.45) is 7.86. The van der Waals surface area contributed by atoms with Crippen LogP contribution < -0.4 is 15.6 Å². The number of sulfonamides is 1. The van der Waals surface area contributed by atoms with Crippen LogP contribution in [-0.2, 0) is 26.0 Å². The second-order valence-corrected chi connectivity index (χ2v) is 13.7. The first kappa shape index (κ1) is 24.7. The van der Waals surface area contributed by atoms with Gasteiger partial charge in [0.25, 0.3) is 5.56 Å². The number of hydrogen-bond donors (Lipinski definition) is 2. The van der Waals surface area contributed by atoms with Gasteiger partial charge in [0.1, 0.15) is 11.9 Å². The Kier molecular flexibility index (Phi) is 6.02. The van der Waals surface area contributed by atoms with Gasteiger partial charge in [0, 0.05) is 12.0 Å². The van der Waals surface area contributed by atoms with Crippen molar-refractivity contribution < 1.29 is 18.0 Å². The summed E-state index contributed by atoms with van der Waals surface area (Å²) in [4.78, 5) is 42.3. The molecular formula is C27H34N4O5S. The van der Waals surface area contributed by atoms with Crippen molar-refractivity contribution in [3.63, 3.8) is 0 Å². The number of rotatable bonds is 7. The number of piperidine rings is 1. The molecule has 4 saturated carbocycles. The predicted molar refractivity (Wildman–Crippen MR) is 138 cm³/mol. The number of nitrogens with one attached hydrogen (secondary N) is 2. The lowest BCUT2D eigenvalue weighted by Gasteiger charge is -2.56. The fourth-order valence-electron chi connectivity index (χ4n) is 8.00. The molecule has 2 aromatic rings. The van der Waals surface area contributed by atoms with Crippen molar-refractivity contribution in [3.8, 4) is 0 Å². The first-order chi connectivity index (χ1) is 17.6. The molecule has 1 aliphatic heterocycles. The Morgan fingerprint density at radius 3 is 2.41 bits per heavy atom. The van der Waals surface area contributed by atoms with Crippen molar-refractivity contribution in [2.24, 2.45) is 17.8 Å². The zero-order chi connectivity index (χ0) is 25.9. The summed E-state index contributed by atoms with van der Waals surface area (Å²) >= 11 is 0. The van der Waals surface area contributed by atoms with Crippen LogP contribution in [0.15, 0.2) is 23.0 Å².